The Morgan fingerprint density at radius 3 is 2.28 bits per heavy atom. The van der Waals surface area contributed by atoms with Crippen LogP contribution >= 0.6 is 0 Å². The van der Waals surface area contributed by atoms with Gasteiger partial charge >= 0.3 is 0 Å². The average molecular weight is 399 g/mol. The third-order valence-corrected chi connectivity index (χ3v) is 5.90. The lowest BCUT2D eigenvalue weighted by atomic mass is 10.1. The minimum absolute atomic E-state index is 0.164. The van der Waals surface area contributed by atoms with Crippen LogP contribution in [0.15, 0.2) is 90.0 Å². The Morgan fingerprint density at radius 1 is 0.828 bits per heavy atom. The van der Waals surface area contributed by atoms with E-state index in [1.165, 1.54) is 6.20 Å². The molecule has 0 N–H and O–H groups in total. The Bertz CT molecular complexity index is 1310. The van der Waals surface area contributed by atoms with E-state index >= 15 is 0 Å². The van der Waals surface area contributed by atoms with Gasteiger partial charge < -0.3 is 0 Å². The summed E-state index contributed by atoms with van der Waals surface area (Å²) in [6, 6.07) is 23.7. The van der Waals surface area contributed by atoms with Crippen molar-refractivity contribution in [3.05, 3.63) is 102 Å². The van der Waals surface area contributed by atoms with Gasteiger partial charge in [-0.1, -0.05) is 71.1 Å². The molecule has 4 rings (SSSR count). The number of rotatable bonds is 3. The third-order valence-electron chi connectivity index (χ3n) is 4.36. The molecule has 0 aliphatic heterocycles. The molecule has 1 heterocycles. The van der Waals surface area contributed by atoms with Crippen LogP contribution in [0.3, 0.4) is 0 Å². The molecule has 29 heavy (non-hydrogen) atoms. The molecule has 3 aromatic carbocycles. The third kappa shape index (κ3) is 3.96. The van der Waals surface area contributed by atoms with Crippen molar-refractivity contribution in [1.29, 1.82) is 0 Å². The van der Waals surface area contributed by atoms with Gasteiger partial charge in [-0.25, -0.2) is 0 Å². The summed E-state index contributed by atoms with van der Waals surface area (Å²) in [4.78, 5) is 0.164. The van der Waals surface area contributed by atoms with E-state index in [1.807, 2.05) is 61.5 Å². The Morgan fingerprint density at radius 2 is 1.52 bits per heavy atom. The topological polar surface area (TPSA) is 64.8 Å². The molecule has 0 saturated heterocycles. The molecule has 0 amide bonds. The van der Waals surface area contributed by atoms with Crippen molar-refractivity contribution in [3.8, 4) is 23.1 Å². The second-order valence-electron chi connectivity index (χ2n) is 6.46. The smallest absolute Gasteiger partial charge is 0.199 e. The van der Waals surface area contributed by atoms with Gasteiger partial charge in [0.25, 0.3) is 10.0 Å². The summed E-state index contributed by atoms with van der Waals surface area (Å²) in [7, 11) is -3.80. The van der Waals surface area contributed by atoms with Crippen LogP contribution in [-0.2, 0) is 10.0 Å². The highest BCUT2D eigenvalue weighted by atomic mass is 32.2. The van der Waals surface area contributed by atoms with Crippen LogP contribution < -0.4 is 0 Å². The number of benzene rings is 3. The molecule has 0 aliphatic carbocycles. The predicted octanol–water partition coefficient (Wildman–Crippen LogP) is 3.89. The maximum atomic E-state index is 12.8. The fourth-order valence-corrected chi connectivity index (χ4v) is 3.85. The van der Waals surface area contributed by atoms with Gasteiger partial charge in [-0.15, -0.1) is 9.19 Å². The first kappa shape index (κ1) is 18.7. The van der Waals surface area contributed by atoms with Crippen LogP contribution in [0.25, 0.3) is 11.3 Å². The van der Waals surface area contributed by atoms with Crippen molar-refractivity contribution in [2.45, 2.75) is 11.8 Å². The maximum Gasteiger partial charge on any atom is 0.284 e. The molecule has 5 nitrogen and oxygen atoms in total. The van der Waals surface area contributed by atoms with Gasteiger partial charge in [-0.3, -0.25) is 0 Å². The standard InChI is InChI=1S/C23H17N3O2S/c1-18-11-15-21(16-12-18)29(27,28)26-17-23(24-25-26)22-10-6-5-9-20(22)14-13-19-7-3-2-4-8-19/h2-12,15-17H,1H3. The van der Waals surface area contributed by atoms with Crippen molar-refractivity contribution >= 4 is 10.0 Å². The fourth-order valence-electron chi connectivity index (χ4n) is 2.78. The van der Waals surface area contributed by atoms with Gasteiger partial charge in [-0.05, 0) is 37.3 Å². The largest absolute Gasteiger partial charge is 0.284 e. The molecule has 1 aromatic heterocycles. The molecular formula is C23H17N3O2S. The monoisotopic (exact) mass is 399 g/mol. The van der Waals surface area contributed by atoms with Crippen LogP contribution in [0.1, 0.15) is 16.7 Å². The normalized spacial score (nSPS) is 10.9. The lowest BCUT2D eigenvalue weighted by molar-refractivity contribution is 0.577. The first-order chi connectivity index (χ1) is 14.0. The number of aryl methyl sites for hydroxylation is 1. The number of hydrogen-bond acceptors (Lipinski definition) is 4. The summed E-state index contributed by atoms with van der Waals surface area (Å²) >= 11 is 0. The van der Waals surface area contributed by atoms with E-state index in [2.05, 4.69) is 22.2 Å². The van der Waals surface area contributed by atoms with Gasteiger partial charge in [0.2, 0.25) is 0 Å². The second-order valence-corrected chi connectivity index (χ2v) is 8.25. The number of hydrogen-bond donors (Lipinski definition) is 0. The molecule has 0 saturated carbocycles. The van der Waals surface area contributed by atoms with E-state index in [0.717, 1.165) is 26.3 Å². The van der Waals surface area contributed by atoms with Crippen LogP contribution in [0.4, 0.5) is 0 Å². The zero-order valence-corrected chi connectivity index (χ0v) is 16.5. The molecule has 4 aromatic rings. The molecule has 0 spiro atoms. The van der Waals surface area contributed by atoms with Crippen LogP contribution in [0, 0.1) is 18.8 Å². The van der Waals surface area contributed by atoms with E-state index in [1.54, 1.807) is 24.3 Å². The number of aromatic nitrogens is 3. The second kappa shape index (κ2) is 7.74. The Labute approximate surface area is 169 Å². The molecule has 0 unspecified atom stereocenters. The van der Waals surface area contributed by atoms with E-state index in [0.29, 0.717) is 5.69 Å². The predicted molar refractivity (Wildman–Crippen MR) is 112 cm³/mol. The van der Waals surface area contributed by atoms with Crippen molar-refractivity contribution < 1.29 is 8.42 Å². The zero-order valence-electron chi connectivity index (χ0n) is 15.6. The molecule has 0 radical (unpaired) electrons. The molecule has 0 atom stereocenters. The molecule has 0 bridgehead atoms. The van der Waals surface area contributed by atoms with Crippen molar-refractivity contribution in [1.82, 2.24) is 14.4 Å². The minimum atomic E-state index is -3.80. The highest BCUT2D eigenvalue weighted by Crippen LogP contribution is 2.22. The summed E-state index contributed by atoms with van der Waals surface area (Å²) in [5.74, 6) is 6.25. The molecule has 6 heteroatoms. The quantitative estimate of drug-likeness (QED) is 0.490. The summed E-state index contributed by atoms with van der Waals surface area (Å²) in [5, 5.41) is 7.93. The molecular weight excluding hydrogens is 382 g/mol. The van der Waals surface area contributed by atoms with Crippen molar-refractivity contribution in [2.24, 2.45) is 0 Å². The first-order valence-corrected chi connectivity index (χ1v) is 10.4. The van der Waals surface area contributed by atoms with Gasteiger partial charge in [0.15, 0.2) is 0 Å². The van der Waals surface area contributed by atoms with E-state index in [4.69, 9.17) is 0 Å². The highest BCUT2D eigenvalue weighted by molar-refractivity contribution is 7.89. The van der Waals surface area contributed by atoms with Crippen LogP contribution in [0.2, 0.25) is 0 Å². The summed E-state index contributed by atoms with van der Waals surface area (Å²) < 4.78 is 26.5. The van der Waals surface area contributed by atoms with Crippen molar-refractivity contribution in [2.75, 3.05) is 0 Å². The number of nitrogens with zero attached hydrogens (tertiary/aromatic N) is 3. The zero-order chi connectivity index (χ0) is 20.3. The molecule has 0 fully saturated rings. The summed E-state index contributed by atoms with van der Waals surface area (Å²) in [6.45, 7) is 1.90. The highest BCUT2D eigenvalue weighted by Gasteiger charge is 2.19. The lowest BCUT2D eigenvalue weighted by Crippen LogP contribution is -2.13. The molecule has 0 aliphatic rings. The van der Waals surface area contributed by atoms with E-state index < -0.39 is 10.0 Å². The minimum Gasteiger partial charge on any atom is -0.199 e. The Balaban J connectivity index is 1.71. The molecule has 142 valence electrons. The maximum absolute atomic E-state index is 12.8. The Hall–Kier alpha value is -3.69. The van der Waals surface area contributed by atoms with Crippen molar-refractivity contribution in [3.63, 3.8) is 0 Å². The average Bonchev–Trinajstić information content (AvgIpc) is 3.25. The first-order valence-electron chi connectivity index (χ1n) is 8.95. The van der Waals surface area contributed by atoms with Crippen LogP contribution in [0.5, 0.6) is 0 Å². The fraction of sp³-hybridized carbons (Fsp3) is 0.0435. The summed E-state index contributed by atoms with van der Waals surface area (Å²) in [5.41, 5.74) is 3.79. The van der Waals surface area contributed by atoms with Crippen LogP contribution in [-0.4, -0.2) is 22.8 Å². The van der Waals surface area contributed by atoms with Gasteiger partial charge in [0.05, 0.1) is 11.1 Å². The van der Waals surface area contributed by atoms with E-state index in [9.17, 15) is 8.42 Å². The lowest BCUT2D eigenvalue weighted by Gasteiger charge is -2.03. The summed E-state index contributed by atoms with van der Waals surface area (Å²) in [6.07, 6.45) is 1.41. The van der Waals surface area contributed by atoms with Gasteiger partial charge in [-0.2, -0.15) is 8.42 Å². The van der Waals surface area contributed by atoms with E-state index in [-0.39, 0.29) is 4.90 Å². The Kier molecular flexibility index (Phi) is 4.98. The van der Waals surface area contributed by atoms with Gasteiger partial charge in [0.1, 0.15) is 5.69 Å². The van der Waals surface area contributed by atoms with Gasteiger partial charge in [0, 0.05) is 16.7 Å². The SMILES string of the molecule is Cc1ccc(S(=O)(=O)n2cc(-c3ccccc3C#Cc3ccccc3)nn2)cc1.